The Labute approximate surface area is 92.0 Å². The van der Waals surface area contributed by atoms with Crippen molar-refractivity contribution in [2.24, 2.45) is 0 Å². The number of methoxy groups -OCH3 is 1. The van der Waals surface area contributed by atoms with Gasteiger partial charge >= 0.3 is 0 Å². The summed E-state index contributed by atoms with van der Waals surface area (Å²) in [5.41, 5.74) is 1.21. The molecule has 1 N–H and O–H groups in total. The van der Waals surface area contributed by atoms with Gasteiger partial charge in [0, 0.05) is 6.04 Å². The fourth-order valence-electron chi connectivity index (χ4n) is 1.61. The molecule has 0 amide bonds. The third-order valence-corrected chi connectivity index (χ3v) is 2.38. The van der Waals surface area contributed by atoms with Crippen LogP contribution in [0.4, 0.5) is 0 Å². The summed E-state index contributed by atoms with van der Waals surface area (Å²) in [7, 11) is 1.70. The van der Waals surface area contributed by atoms with E-state index in [1.165, 1.54) is 5.56 Å². The van der Waals surface area contributed by atoms with Crippen molar-refractivity contribution in [3.05, 3.63) is 42.5 Å². The summed E-state index contributed by atoms with van der Waals surface area (Å²) < 4.78 is 5.31. The average Bonchev–Trinajstić information content (AvgIpc) is 2.29. The van der Waals surface area contributed by atoms with Crippen LogP contribution in [0.2, 0.25) is 0 Å². The topological polar surface area (TPSA) is 21.3 Å². The van der Waals surface area contributed by atoms with E-state index in [-0.39, 0.29) is 0 Å². The summed E-state index contributed by atoms with van der Waals surface area (Å²) in [4.78, 5) is 0. The van der Waals surface area contributed by atoms with Crippen LogP contribution in [0.1, 0.15) is 12.5 Å². The molecule has 0 heterocycles. The molecule has 0 aliphatic carbocycles. The van der Waals surface area contributed by atoms with Gasteiger partial charge in [-0.1, -0.05) is 31.2 Å². The Morgan fingerprint density at radius 2 is 2.20 bits per heavy atom. The van der Waals surface area contributed by atoms with Crippen molar-refractivity contribution in [1.29, 1.82) is 0 Å². The molecule has 0 aromatic heterocycles. The zero-order valence-corrected chi connectivity index (χ0v) is 9.49. The van der Waals surface area contributed by atoms with E-state index in [4.69, 9.17) is 4.74 Å². The van der Waals surface area contributed by atoms with Crippen LogP contribution < -0.4 is 10.1 Å². The fraction of sp³-hybridized carbons (Fsp3) is 0.385. The highest BCUT2D eigenvalue weighted by Crippen LogP contribution is 2.18. The minimum absolute atomic E-state index is 0.311. The Morgan fingerprint density at radius 1 is 1.47 bits per heavy atom. The summed E-state index contributed by atoms with van der Waals surface area (Å²) in [6.07, 6.45) is 2.86. The highest BCUT2D eigenvalue weighted by Gasteiger charge is 2.07. The molecule has 0 aliphatic rings. The molecule has 15 heavy (non-hydrogen) atoms. The van der Waals surface area contributed by atoms with Crippen molar-refractivity contribution < 1.29 is 4.74 Å². The fourth-order valence-corrected chi connectivity index (χ4v) is 1.61. The van der Waals surface area contributed by atoms with Gasteiger partial charge in [0.2, 0.25) is 0 Å². The maximum absolute atomic E-state index is 5.31. The number of likely N-dealkylation sites (N-methyl/N-ethyl adjacent to an activating group) is 1. The molecule has 1 aromatic carbocycles. The predicted octanol–water partition coefficient (Wildman–Crippen LogP) is 2.40. The van der Waals surface area contributed by atoms with Crippen molar-refractivity contribution in [1.82, 2.24) is 5.32 Å². The molecule has 0 aliphatic heterocycles. The van der Waals surface area contributed by atoms with Crippen molar-refractivity contribution >= 4 is 0 Å². The number of hydrogen-bond donors (Lipinski definition) is 1. The first kappa shape index (κ1) is 11.8. The normalized spacial score (nSPS) is 12.1. The molecular weight excluding hydrogens is 186 g/mol. The highest BCUT2D eigenvalue weighted by atomic mass is 16.5. The molecule has 0 spiro atoms. The first-order chi connectivity index (χ1) is 7.31. The van der Waals surface area contributed by atoms with E-state index in [2.05, 4.69) is 24.9 Å². The number of para-hydroxylation sites is 1. The number of hydrogen-bond acceptors (Lipinski definition) is 2. The molecule has 2 nitrogen and oxygen atoms in total. The molecule has 0 fully saturated rings. The van der Waals surface area contributed by atoms with E-state index in [1.807, 2.05) is 24.3 Å². The number of rotatable bonds is 6. The molecule has 1 unspecified atom stereocenters. The van der Waals surface area contributed by atoms with E-state index in [1.54, 1.807) is 7.11 Å². The number of nitrogens with one attached hydrogen (secondary N) is 1. The van der Waals surface area contributed by atoms with E-state index >= 15 is 0 Å². The Morgan fingerprint density at radius 3 is 2.80 bits per heavy atom. The van der Waals surface area contributed by atoms with Crippen molar-refractivity contribution in [2.45, 2.75) is 19.4 Å². The summed E-state index contributed by atoms with van der Waals surface area (Å²) in [5.74, 6) is 0.947. The Kier molecular flexibility index (Phi) is 4.91. The highest BCUT2D eigenvalue weighted by molar-refractivity contribution is 5.34. The molecule has 1 atom stereocenters. The molecule has 82 valence electrons. The molecular formula is C13H19NO. The van der Waals surface area contributed by atoms with Gasteiger partial charge in [-0.2, -0.15) is 0 Å². The zero-order chi connectivity index (χ0) is 11.1. The van der Waals surface area contributed by atoms with Gasteiger partial charge in [-0.3, -0.25) is 0 Å². The Hall–Kier alpha value is -1.28. The van der Waals surface area contributed by atoms with Crippen LogP contribution in [-0.2, 0) is 6.42 Å². The predicted molar refractivity (Wildman–Crippen MR) is 64.4 cm³/mol. The van der Waals surface area contributed by atoms with Gasteiger partial charge in [-0.25, -0.2) is 0 Å². The van der Waals surface area contributed by atoms with Gasteiger partial charge in [-0.15, -0.1) is 6.58 Å². The van der Waals surface area contributed by atoms with Crippen LogP contribution in [0.15, 0.2) is 36.9 Å². The molecule has 1 aromatic rings. The van der Waals surface area contributed by atoms with Gasteiger partial charge < -0.3 is 10.1 Å². The minimum Gasteiger partial charge on any atom is -0.496 e. The van der Waals surface area contributed by atoms with Gasteiger partial charge in [-0.05, 0) is 24.6 Å². The second-order valence-corrected chi connectivity index (χ2v) is 3.42. The van der Waals surface area contributed by atoms with Crippen LogP contribution in [0.5, 0.6) is 5.75 Å². The lowest BCUT2D eigenvalue weighted by Crippen LogP contribution is -2.28. The molecule has 0 saturated heterocycles. The first-order valence-corrected chi connectivity index (χ1v) is 5.29. The van der Waals surface area contributed by atoms with Gasteiger partial charge in [0.25, 0.3) is 0 Å². The molecule has 0 saturated carbocycles. The summed E-state index contributed by atoms with van der Waals surface area (Å²) >= 11 is 0. The quantitative estimate of drug-likeness (QED) is 0.720. The number of ether oxygens (including phenoxy) is 1. The van der Waals surface area contributed by atoms with Gasteiger partial charge in [0.05, 0.1) is 7.11 Å². The molecule has 0 bridgehead atoms. The van der Waals surface area contributed by atoms with Crippen molar-refractivity contribution in [3.8, 4) is 5.75 Å². The summed E-state index contributed by atoms with van der Waals surface area (Å²) in [6, 6.07) is 8.41. The summed E-state index contributed by atoms with van der Waals surface area (Å²) in [6.45, 7) is 6.87. The third kappa shape index (κ3) is 3.40. The van der Waals surface area contributed by atoms with E-state index in [0.29, 0.717) is 6.04 Å². The maximum atomic E-state index is 5.31. The molecule has 0 radical (unpaired) electrons. The lowest BCUT2D eigenvalue weighted by atomic mass is 10.0. The third-order valence-electron chi connectivity index (χ3n) is 2.38. The summed E-state index contributed by atoms with van der Waals surface area (Å²) in [5, 5.41) is 3.36. The maximum Gasteiger partial charge on any atom is 0.122 e. The van der Waals surface area contributed by atoms with Crippen molar-refractivity contribution in [2.75, 3.05) is 13.7 Å². The Balaban J connectivity index is 2.73. The van der Waals surface area contributed by atoms with Crippen LogP contribution in [0.25, 0.3) is 0 Å². The van der Waals surface area contributed by atoms with Crippen LogP contribution >= 0.6 is 0 Å². The van der Waals surface area contributed by atoms with Crippen molar-refractivity contribution in [3.63, 3.8) is 0 Å². The van der Waals surface area contributed by atoms with Gasteiger partial charge in [0.1, 0.15) is 5.75 Å². The van der Waals surface area contributed by atoms with Crippen LogP contribution in [0.3, 0.4) is 0 Å². The first-order valence-electron chi connectivity index (χ1n) is 5.29. The largest absolute Gasteiger partial charge is 0.496 e. The van der Waals surface area contributed by atoms with E-state index in [9.17, 15) is 0 Å². The zero-order valence-electron chi connectivity index (χ0n) is 9.49. The average molecular weight is 205 g/mol. The van der Waals surface area contributed by atoms with E-state index < -0.39 is 0 Å². The lowest BCUT2D eigenvalue weighted by Gasteiger charge is -2.15. The van der Waals surface area contributed by atoms with Crippen LogP contribution in [0, 0.1) is 0 Å². The SMILES string of the molecule is C=CC(Cc1ccccc1OC)NCC. The second kappa shape index (κ2) is 6.25. The monoisotopic (exact) mass is 205 g/mol. The molecule has 1 rings (SSSR count). The van der Waals surface area contributed by atoms with Gasteiger partial charge in [0.15, 0.2) is 0 Å². The minimum atomic E-state index is 0.311. The lowest BCUT2D eigenvalue weighted by molar-refractivity contribution is 0.407. The standard InChI is InChI=1S/C13H19NO/c1-4-12(14-5-2)10-11-8-6-7-9-13(11)15-3/h4,6-9,12,14H,1,5,10H2,2-3H3. The number of benzene rings is 1. The van der Waals surface area contributed by atoms with E-state index in [0.717, 1.165) is 18.7 Å². The van der Waals surface area contributed by atoms with Crippen LogP contribution in [-0.4, -0.2) is 19.7 Å². The second-order valence-electron chi connectivity index (χ2n) is 3.42. The smallest absolute Gasteiger partial charge is 0.122 e. The Bertz CT molecular complexity index is 309. The molecule has 2 heteroatoms.